The minimum Gasteiger partial charge on any atom is -0.399 e. The van der Waals surface area contributed by atoms with Crippen molar-refractivity contribution in [2.75, 3.05) is 41.7 Å². The van der Waals surface area contributed by atoms with Gasteiger partial charge < -0.3 is 15.5 Å². The van der Waals surface area contributed by atoms with E-state index in [9.17, 15) is 0 Å². The molecule has 2 aromatic heterocycles. The summed E-state index contributed by atoms with van der Waals surface area (Å²) in [6.45, 7) is 3.95. The molecule has 1 aliphatic rings. The Bertz CT molecular complexity index is 744. The molecule has 4 rings (SSSR count). The maximum absolute atomic E-state index is 5.84. The molecule has 3 heterocycles. The highest BCUT2D eigenvalue weighted by molar-refractivity contribution is 7.22. The van der Waals surface area contributed by atoms with E-state index in [4.69, 9.17) is 10.7 Å². The van der Waals surface area contributed by atoms with Gasteiger partial charge in [-0.05, 0) is 18.2 Å². The molecule has 7 heteroatoms. The van der Waals surface area contributed by atoms with Crippen LogP contribution in [0.4, 0.5) is 16.0 Å². The van der Waals surface area contributed by atoms with Crippen molar-refractivity contribution in [2.45, 2.75) is 0 Å². The molecular formula is C14H15N5S2. The molecule has 0 radical (unpaired) electrons. The second-order valence-electron chi connectivity index (χ2n) is 5.01. The smallest absolute Gasteiger partial charge is 0.186 e. The Balaban J connectivity index is 1.52. The summed E-state index contributed by atoms with van der Waals surface area (Å²) >= 11 is 3.42. The van der Waals surface area contributed by atoms with E-state index in [1.54, 1.807) is 22.7 Å². The molecule has 0 spiro atoms. The van der Waals surface area contributed by atoms with Crippen LogP contribution in [-0.2, 0) is 0 Å². The molecule has 5 nitrogen and oxygen atoms in total. The van der Waals surface area contributed by atoms with Crippen LogP contribution in [-0.4, -0.2) is 36.1 Å². The highest BCUT2D eigenvalue weighted by atomic mass is 32.1. The maximum Gasteiger partial charge on any atom is 0.186 e. The first-order valence-electron chi connectivity index (χ1n) is 6.85. The molecule has 0 aliphatic carbocycles. The quantitative estimate of drug-likeness (QED) is 0.736. The fraction of sp³-hybridized carbons (Fsp3) is 0.286. The summed E-state index contributed by atoms with van der Waals surface area (Å²) in [6, 6.07) is 5.91. The number of rotatable bonds is 2. The van der Waals surface area contributed by atoms with Crippen LogP contribution in [0.1, 0.15) is 0 Å². The van der Waals surface area contributed by atoms with E-state index in [2.05, 4.69) is 14.8 Å². The lowest BCUT2D eigenvalue weighted by atomic mass is 10.3. The summed E-state index contributed by atoms with van der Waals surface area (Å²) in [5, 5.41) is 4.24. The lowest BCUT2D eigenvalue weighted by molar-refractivity contribution is 0.651. The fourth-order valence-corrected chi connectivity index (χ4v) is 4.29. The zero-order valence-electron chi connectivity index (χ0n) is 11.4. The van der Waals surface area contributed by atoms with E-state index in [1.165, 1.54) is 0 Å². The zero-order valence-corrected chi connectivity index (χ0v) is 13.0. The lowest BCUT2D eigenvalue weighted by Gasteiger charge is -2.34. The first kappa shape index (κ1) is 12.8. The number of aromatic nitrogens is 2. The van der Waals surface area contributed by atoms with E-state index in [-0.39, 0.29) is 0 Å². The Morgan fingerprint density at radius 3 is 2.52 bits per heavy atom. The molecule has 0 amide bonds. The van der Waals surface area contributed by atoms with Crippen LogP contribution in [0.25, 0.3) is 10.2 Å². The minimum absolute atomic E-state index is 0.797. The molecule has 0 atom stereocenters. The number of fused-ring (bicyclic) bond motifs is 1. The maximum atomic E-state index is 5.84. The van der Waals surface area contributed by atoms with Gasteiger partial charge in [0.25, 0.3) is 0 Å². The highest BCUT2D eigenvalue weighted by Gasteiger charge is 2.21. The number of benzene rings is 1. The van der Waals surface area contributed by atoms with Crippen LogP contribution in [0.5, 0.6) is 0 Å². The number of piperazine rings is 1. The number of hydrogen-bond donors (Lipinski definition) is 1. The van der Waals surface area contributed by atoms with Crippen molar-refractivity contribution in [1.29, 1.82) is 0 Å². The third kappa shape index (κ3) is 2.43. The molecule has 3 aromatic rings. The summed E-state index contributed by atoms with van der Waals surface area (Å²) in [6.07, 6.45) is 1.87. The molecule has 1 aromatic carbocycles. The van der Waals surface area contributed by atoms with Crippen molar-refractivity contribution in [3.63, 3.8) is 0 Å². The molecule has 1 aliphatic heterocycles. The molecule has 108 valence electrons. The van der Waals surface area contributed by atoms with Gasteiger partial charge in [-0.15, -0.1) is 11.3 Å². The summed E-state index contributed by atoms with van der Waals surface area (Å²) in [4.78, 5) is 13.8. The highest BCUT2D eigenvalue weighted by Crippen LogP contribution is 2.31. The van der Waals surface area contributed by atoms with E-state index in [0.717, 1.165) is 52.3 Å². The third-order valence-corrected chi connectivity index (χ3v) is 5.55. The molecule has 1 fully saturated rings. The molecule has 2 N–H and O–H groups in total. The van der Waals surface area contributed by atoms with Crippen molar-refractivity contribution < 1.29 is 0 Å². The topological polar surface area (TPSA) is 58.3 Å². The second kappa shape index (κ2) is 5.16. The molecule has 0 bridgehead atoms. The summed E-state index contributed by atoms with van der Waals surface area (Å²) < 4.78 is 1.16. The van der Waals surface area contributed by atoms with Gasteiger partial charge in [0.05, 0.1) is 10.2 Å². The van der Waals surface area contributed by atoms with E-state index in [0.29, 0.717) is 0 Å². The van der Waals surface area contributed by atoms with Crippen LogP contribution < -0.4 is 15.5 Å². The zero-order chi connectivity index (χ0) is 14.2. The monoisotopic (exact) mass is 317 g/mol. The van der Waals surface area contributed by atoms with Gasteiger partial charge in [-0.2, -0.15) is 0 Å². The minimum atomic E-state index is 0.797. The largest absolute Gasteiger partial charge is 0.399 e. The summed E-state index contributed by atoms with van der Waals surface area (Å²) in [5.41, 5.74) is 7.67. The average Bonchev–Trinajstić information content (AvgIpc) is 3.16. The van der Waals surface area contributed by atoms with E-state index < -0.39 is 0 Å². The predicted molar refractivity (Wildman–Crippen MR) is 90.6 cm³/mol. The predicted octanol–water partition coefficient (Wildman–Crippen LogP) is 2.66. The standard InChI is InChI=1S/C14H15N5S2/c15-10-1-2-11-12(9-10)21-14(17-11)19-6-4-18(5-7-19)13-16-3-8-20-13/h1-3,8-9H,4-7,15H2. The van der Waals surface area contributed by atoms with Gasteiger partial charge in [0.1, 0.15) is 0 Å². The van der Waals surface area contributed by atoms with Crippen molar-refractivity contribution in [3.05, 3.63) is 29.8 Å². The average molecular weight is 317 g/mol. The van der Waals surface area contributed by atoms with Crippen LogP contribution >= 0.6 is 22.7 Å². The summed E-state index contributed by atoms with van der Waals surface area (Å²) in [5.74, 6) is 0. The number of nitrogens with two attached hydrogens (primary N) is 1. The first-order chi connectivity index (χ1) is 10.3. The lowest BCUT2D eigenvalue weighted by Crippen LogP contribution is -2.46. The van der Waals surface area contributed by atoms with Gasteiger partial charge >= 0.3 is 0 Å². The van der Waals surface area contributed by atoms with Gasteiger partial charge in [0, 0.05) is 43.4 Å². The van der Waals surface area contributed by atoms with Crippen LogP contribution in [0, 0.1) is 0 Å². The molecule has 21 heavy (non-hydrogen) atoms. The Labute approximate surface area is 130 Å². The Morgan fingerprint density at radius 2 is 1.81 bits per heavy atom. The van der Waals surface area contributed by atoms with Gasteiger partial charge in [-0.3, -0.25) is 0 Å². The number of hydrogen-bond acceptors (Lipinski definition) is 7. The third-order valence-electron chi connectivity index (χ3n) is 3.64. The Kier molecular flexibility index (Phi) is 3.16. The first-order valence-corrected chi connectivity index (χ1v) is 8.55. The number of nitrogens with zero attached hydrogens (tertiary/aromatic N) is 4. The SMILES string of the molecule is Nc1ccc2nc(N3CCN(c4nccs4)CC3)sc2c1. The van der Waals surface area contributed by atoms with Crippen molar-refractivity contribution >= 4 is 48.8 Å². The van der Waals surface area contributed by atoms with Gasteiger partial charge in [-0.25, -0.2) is 9.97 Å². The van der Waals surface area contributed by atoms with Crippen LogP contribution in [0.2, 0.25) is 0 Å². The molecular weight excluding hydrogens is 302 g/mol. The van der Waals surface area contributed by atoms with Gasteiger partial charge in [0.2, 0.25) is 0 Å². The summed E-state index contributed by atoms with van der Waals surface area (Å²) in [7, 11) is 0. The van der Waals surface area contributed by atoms with Crippen LogP contribution in [0.15, 0.2) is 29.8 Å². The van der Waals surface area contributed by atoms with E-state index in [1.807, 2.05) is 29.8 Å². The molecule has 0 saturated carbocycles. The fourth-order valence-electron chi connectivity index (χ4n) is 2.53. The normalized spacial score (nSPS) is 15.8. The van der Waals surface area contributed by atoms with Crippen molar-refractivity contribution in [3.8, 4) is 0 Å². The van der Waals surface area contributed by atoms with Crippen molar-refractivity contribution in [2.24, 2.45) is 0 Å². The van der Waals surface area contributed by atoms with E-state index >= 15 is 0 Å². The Hall–Kier alpha value is -1.86. The number of thiazole rings is 2. The van der Waals surface area contributed by atoms with Gasteiger partial charge in [-0.1, -0.05) is 11.3 Å². The van der Waals surface area contributed by atoms with Crippen LogP contribution in [0.3, 0.4) is 0 Å². The number of nitrogen functional groups attached to an aromatic ring is 1. The molecule has 1 saturated heterocycles. The Morgan fingerprint density at radius 1 is 1.05 bits per heavy atom. The number of anilines is 3. The van der Waals surface area contributed by atoms with Crippen molar-refractivity contribution in [1.82, 2.24) is 9.97 Å². The molecule has 0 unspecified atom stereocenters. The second-order valence-corrected chi connectivity index (χ2v) is 6.89. The van der Waals surface area contributed by atoms with Gasteiger partial charge in [0.15, 0.2) is 10.3 Å².